The highest BCUT2D eigenvalue weighted by Crippen LogP contribution is 2.44. The van der Waals surface area contributed by atoms with Crippen molar-refractivity contribution in [3.63, 3.8) is 0 Å². The average Bonchev–Trinajstić information content (AvgIpc) is 2.87. The minimum absolute atomic E-state index is 0.00207. The monoisotopic (exact) mass is 288 g/mol. The largest absolute Gasteiger partial charge is 0.550 e. The summed E-state index contributed by atoms with van der Waals surface area (Å²) < 4.78 is 0. The molecule has 1 saturated carbocycles. The fraction of sp³-hybridized carbons (Fsp3) is 0.529. The third-order valence-corrected chi connectivity index (χ3v) is 4.40. The molecule has 0 saturated heterocycles. The zero-order valence-corrected chi connectivity index (χ0v) is 12.5. The zero-order valence-electron chi connectivity index (χ0n) is 12.5. The van der Waals surface area contributed by atoms with Crippen molar-refractivity contribution < 1.29 is 14.7 Å². The van der Waals surface area contributed by atoms with E-state index in [1.165, 1.54) is 0 Å². The lowest BCUT2D eigenvalue weighted by Gasteiger charge is -2.31. The van der Waals surface area contributed by atoms with Crippen LogP contribution in [0.15, 0.2) is 30.3 Å². The molecule has 1 aromatic rings. The summed E-state index contributed by atoms with van der Waals surface area (Å²) in [5.74, 6) is -1.03. The number of aliphatic carboxylic acids is 1. The molecule has 4 nitrogen and oxygen atoms in total. The zero-order chi connectivity index (χ0) is 15.3. The SMILES string of the molecule is CN(Cc1ccccc1)C(=O)CC1(CC(=O)[O-])CCCC1. The second-order valence-electron chi connectivity index (χ2n) is 6.17. The van der Waals surface area contributed by atoms with Crippen molar-refractivity contribution in [3.05, 3.63) is 35.9 Å². The number of benzene rings is 1. The summed E-state index contributed by atoms with van der Waals surface area (Å²) in [7, 11) is 1.77. The Morgan fingerprint density at radius 3 is 2.33 bits per heavy atom. The first-order valence-electron chi connectivity index (χ1n) is 7.48. The number of rotatable bonds is 6. The highest BCUT2D eigenvalue weighted by Gasteiger charge is 2.36. The molecule has 4 heteroatoms. The van der Waals surface area contributed by atoms with E-state index < -0.39 is 5.97 Å². The van der Waals surface area contributed by atoms with E-state index in [2.05, 4.69) is 0 Å². The molecule has 0 spiro atoms. The van der Waals surface area contributed by atoms with Crippen LogP contribution in [0.2, 0.25) is 0 Å². The maximum absolute atomic E-state index is 12.4. The third-order valence-electron chi connectivity index (χ3n) is 4.40. The highest BCUT2D eigenvalue weighted by atomic mass is 16.4. The van der Waals surface area contributed by atoms with Crippen molar-refractivity contribution in [1.29, 1.82) is 0 Å². The van der Waals surface area contributed by atoms with Crippen LogP contribution in [0.4, 0.5) is 0 Å². The predicted octanol–water partition coefficient (Wildman–Crippen LogP) is 1.74. The van der Waals surface area contributed by atoms with Gasteiger partial charge in [-0.2, -0.15) is 0 Å². The number of amides is 1. The van der Waals surface area contributed by atoms with E-state index in [1.807, 2.05) is 30.3 Å². The first-order chi connectivity index (χ1) is 10.0. The lowest BCUT2D eigenvalue weighted by Crippen LogP contribution is -2.36. The molecule has 1 aliphatic carbocycles. The topological polar surface area (TPSA) is 60.4 Å². The lowest BCUT2D eigenvalue weighted by atomic mass is 9.79. The Bertz CT molecular complexity index is 492. The van der Waals surface area contributed by atoms with Gasteiger partial charge >= 0.3 is 0 Å². The number of nitrogens with zero attached hydrogens (tertiary/aromatic N) is 1. The molecule has 1 fully saturated rings. The van der Waals surface area contributed by atoms with Gasteiger partial charge in [-0.25, -0.2) is 0 Å². The standard InChI is InChI=1S/C17H23NO3/c1-18(13-14-7-3-2-4-8-14)15(19)11-17(12-16(20)21)9-5-6-10-17/h2-4,7-8H,5-6,9-13H2,1H3,(H,20,21)/p-1. The van der Waals surface area contributed by atoms with Gasteiger partial charge in [-0.15, -0.1) is 0 Å². The van der Waals surface area contributed by atoms with Gasteiger partial charge < -0.3 is 14.8 Å². The highest BCUT2D eigenvalue weighted by molar-refractivity contribution is 5.77. The molecule has 0 bridgehead atoms. The Morgan fingerprint density at radius 2 is 1.76 bits per heavy atom. The van der Waals surface area contributed by atoms with Gasteiger partial charge in [-0.1, -0.05) is 43.2 Å². The Kier molecular flexibility index (Phi) is 4.99. The van der Waals surface area contributed by atoms with E-state index in [0.29, 0.717) is 13.0 Å². The number of carbonyl (C=O) groups is 2. The Hall–Kier alpha value is -1.84. The molecular weight excluding hydrogens is 266 g/mol. The van der Waals surface area contributed by atoms with Crippen LogP contribution in [0, 0.1) is 5.41 Å². The molecule has 0 atom stereocenters. The first kappa shape index (κ1) is 15.5. The van der Waals surface area contributed by atoms with Gasteiger partial charge in [0.05, 0.1) is 0 Å². The van der Waals surface area contributed by atoms with Gasteiger partial charge in [-0.05, 0) is 30.2 Å². The van der Waals surface area contributed by atoms with Crippen molar-refractivity contribution in [1.82, 2.24) is 4.90 Å². The molecule has 0 aliphatic heterocycles. The molecule has 0 heterocycles. The van der Waals surface area contributed by atoms with Crippen LogP contribution in [-0.4, -0.2) is 23.8 Å². The summed E-state index contributed by atoms with van der Waals surface area (Å²) in [6, 6.07) is 9.80. The summed E-state index contributed by atoms with van der Waals surface area (Å²) in [5, 5.41) is 11.0. The molecule has 114 valence electrons. The molecule has 0 radical (unpaired) electrons. The summed E-state index contributed by atoms with van der Waals surface area (Å²) in [6.45, 7) is 0.557. The van der Waals surface area contributed by atoms with Crippen LogP contribution in [0.25, 0.3) is 0 Å². The molecule has 0 N–H and O–H groups in total. The summed E-state index contributed by atoms with van der Waals surface area (Å²) in [5.41, 5.74) is 0.689. The van der Waals surface area contributed by atoms with Crippen LogP contribution in [0.3, 0.4) is 0 Å². The number of carbonyl (C=O) groups excluding carboxylic acids is 2. The third kappa shape index (κ3) is 4.31. The van der Waals surface area contributed by atoms with E-state index in [9.17, 15) is 14.7 Å². The van der Waals surface area contributed by atoms with E-state index in [0.717, 1.165) is 31.2 Å². The first-order valence-corrected chi connectivity index (χ1v) is 7.48. The van der Waals surface area contributed by atoms with Gasteiger partial charge in [-0.3, -0.25) is 4.79 Å². The van der Waals surface area contributed by atoms with Crippen molar-refractivity contribution in [2.24, 2.45) is 5.41 Å². The van der Waals surface area contributed by atoms with Gasteiger partial charge in [0.15, 0.2) is 0 Å². The maximum Gasteiger partial charge on any atom is 0.223 e. The van der Waals surface area contributed by atoms with Crippen molar-refractivity contribution >= 4 is 11.9 Å². The minimum atomic E-state index is -1.05. The number of hydrogen-bond donors (Lipinski definition) is 0. The Morgan fingerprint density at radius 1 is 1.14 bits per heavy atom. The number of carboxylic acid groups (broad SMARTS) is 1. The van der Waals surface area contributed by atoms with Crippen LogP contribution >= 0.6 is 0 Å². The van der Waals surface area contributed by atoms with Crippen molar-refractivity contribution in [3.8, 4) is 0 Å². The normalized spacial score (nSPS) is 16.6. The maximum atomic E-state index is 12.4. The second kappa shape index (κ2) is 6.74. The van der Waals surface area contributed by atoms with E-state index in [4.69, 9.17) is 0 Å². The predicted molar refractivity (Wildman–Crippen MR) is 78.1 cm³/mol. The van der Waals surface area contributed by atoms with Crippen molar-refractivity contribution in [2.75, 3.05) is 7.05 Å². The Balaban J connectivity index is 1.97. The number of carboxylic acids is 1. The van der Waals surface area contributed by atoms with Gasteiger partial charge in [0.2, 0.25) is 5.91 Å². The summed E-state index contributed by atoms with van der Waals surface area (Å²) in [6.07, 6.45) is 3.94. The average molecular weight is 288 g/mol. The van der Waals surface area contributed by atoms with Gasteiger partial charge in [0, 0.05) is 26.0 Å². The minimum Gasteiger partial charge on any atom is -0.550 e. The van der Waals surface area contributed by atoms with E-state index >= 15 is 0 Å². The summed E-state index contributed by atoms with van der Waals surface area (Å²) >= 11 is 0. The molecule has 21 heavy (non-hydrogen) atoms. The van der Waals surface area contributed by atoms with Gasteiger partial charge in [0.1, 0.15) is 0 Å². The molecule has 2 rings (SSSR count). The van der Waals surface area contributed by atoms with Crippen LogP contribution in [-0.2, 0) is 16.1 Å². The fourth-order valence-electron chi connectivity index (χ4n) is 3.25. The molecule has 0 unspecified atom stereocenters. The van der Waals surface area contributed by atoms with Gasteiger partial charge in [0.25, 0.3) is 0 Å². The molecule has 1 aromatic carbocycles. The molecular formula is C17H22NO3-. The van der Waals surface area contributed by atoms with E-state index in [-0.39, 0.29) is 17.7 Å². The summed E-state index contributed by atoms with van der Waals surface area (Å²) in [4.78, 5) is 25.1. The molecule has 1 aliphatic rings. The Labute approximate surface area is 125 Å². The number of hydrogen-bond acceptors (Lipinski definition) is 3. The van der Waals surface area contributed by atoms with Crippen LogP contribution in [0.5, 0.6) is 0 Å². The second-order valence-corrected chi connectivity index (χ2v) is 6.17. The molecule has 1 amide bonds. The van der Waals surface area contributed by atoms with Crippen LogP contribution < -0.4 is 5.11 Å². The van der Waals surface area contributed by atoms with Crippen molar-refractivity contribution in [2.45, 2.75) is 45.1 Å². The van der Waals surface area contributed by atoms with Crippen LogP contribution in [0.1, 0.15) is 44.1 Å². The lowest BCUT2D eigenvalue weighted by molar-refractivity contribution is -0.308. The smallest absolute Gasteiger partial charge is 0.223 e. The quantitative estimate of drug-likeness (QED) is 0.801. The van der Waals surface area contributed by atoms with E-state index in [1.54, 1.807) is 11.9 Å². The molecule has 0 aromatic heterocycles. The fourth-order valence-corrected chi connectivity index (χ4v) is 3.25.